The average molecular weight is 756 g/mol. The van der Waals surface area contributed by atoms with Crippen molar-refractivity contribution in [2.24, 2.45) is 0 Å². The van der Waals surface area contributed by atoms with Crippen LogP contribution in [0.2, 0.25) is 0 Å². The van der Waals surface area contributed by atoms with Crippen LogP contribution < -0.4 is 0 Å². The third kappa shape index (κ3) is 5.19. The molecule has 3 nitrogen and oxygen atoms in total. The van der Waals surface area contributed by atoms with E-state index in [1.165, 1.54) is 134 Å². The van der Waals surface area contributed by atoms with E-state index in [0.717, 1.165) is 17.1 Å². The van der Waals surface area contributed by atoms with Gasteiger partial charge in [-0.1, -0.05) is 123 Å². The predicted octanol–water partition coefficient (Wildman–Crippen LogP) is 15.4. The van der Waals surface area contributed by atoms with E-state index in [-0.39, 0.29) is 0 Å². The molecule has 0 aliphatic heterocycles. The van der Waals surface area contributed by atoms with Gasteiger partial charge in [0.1, 0.15) is 5.82 Å². The van der Waals surface area contributed by atoms with Gasteiger partial charge in [0.05, 0.1) is 27.8 Å². The minimum atomic E-state index is 0.472. The summed E-state index contributed by atoms with van der Waals surface area (Å²) in [5, 5.41) is 8.31. The Morgan fingerprint density at radius 2 is 1.02 bits per heavy atom. The van der Waals surface area contributed by atoms with Gasteiger partial charge in [-0.3, -0.25) is 4.57 Å². The summed E-state index contributed by atoms with van der Waals surface area (Å²) in [5.74, 6) is 1.97. The van der Waals surface area contributed by atoms with Crippen molar-refractivity contribution in [3.05, 3.63) is 151 Å². The van der Waals surface area contributed by atoms with Gasteiger partial charge in [0.2, 0.25) is 0 Å². The van der Waals surface area contributed by atoms with Crippen molar-refractivity contribution in [2.75, 3.05) is 0 Å². The first-order valence-electron chi connectivity index (χ1n) is 21.3. The van der Waals surface area contributed by atoms with E-state index in [2.05, 4.69) is 149 Å². The highest BCUT2D eigenvalue weighted by Gasteiger charge is 2.34. The Morgan fingerprint density at radius 1 is 0.456 bits per heavy atom. The van der Waals surface area contributed by atoms with Gasteiger partial charge in [-0.05, 0) is 103 Å². The largest absolute Gasteiger partial charge is 0.309 e. The number of aromatic nitrogens is 3. The SMILES string of the molecule is c1ccc(-n2c3ccccc3c3c(C4CCCCC4)c4c(c(C5CCCCC5)c32)c2ccccc2n4-c2cccc(-c3ccc4sc5ccccc5c4c3)n2)cc1. The Kier molecular flexibility index (Phi) is 7.89. The van der Waals surface area contributed by atoms with E-state index in [9.17, 15) is 0 Å². The summed E-state index contributed by atoms with van der Waals surface area (Å²) in [7, 11) is 0. The molecule has 4 heterocycles. The number of fused-ring (bicyclic) bond motifs is 9. The van der Waals surface area contributed by atoms with Gasteiger partial charge in [-0.2, -0.15) is 0 Å². The molecule has 2 aliphatic carbocycles. The van der Waals surface area contributed by atoms with Gasteiger partial charge in [-0.25, -0.2) is 4.98 Å². The van der Waals surface area contributed by atoms with Crippen LogP contribution in [0.1, 0.15) is 87.2 Å². The van der Waals surface area contributed by atoms with E-state index in [1.807, 2.05) is 11.3 Å². The second kappa shape index (κ2) is 13.5. The van der Waals surface area contributed by atoms with Crippen LogP contribution in [-0.2, 0) is 0 Å². The first kappa shape index (κ1) is 33.4. The minimum absolute atomic E-state index is 0.472. The number of hydrogen-bond acceptors (Lipinski definition) is 2. The third-order valence-electron chi connectivity index (χ3n) is 13.5. The predicted molar refractivity (Wildman–Crippen MR) is 243 cm³/mol. The summed E-state index contributed by atoms with van der Waals surface area (Å²) < 4.78 is 7.90. The molecule has 6 aromatic carbocycles. The third-order valence-corrected chi connectivity index (χ3v) is 14.6. The molecular formula is C53H45N3S. The van der Waals surface area contributed by atoms with Crippen LogP contribution >= 0.6 is 11.3 Å². The van der Waals surface area contributed by atoms with Crippen LogP contribution in [0.25, 0.3) is 86.5 Å². The number of nitrogens with zero attached hydrogens (tertiary/aromatic N) is 3. The van der Waals surface area contributed by atoms with Gasteiger partial charge in [0, 0.05) is 53.0 Å². The maximum Gasteiger partial charge on any atom is 0.138 e. The highest BCUT2D eigenvalue weighted by molar-refractivity contribution is 7.25. The smallest absolute Gasteiger partial charge is 0.138 e. The second-order valence-electron chi connectivity index (χ2n) is 16.7. The summed E-state index contributed by atoms with van der Waals surface area (Å²) in [6.45, 7) is 0. The second-order valence-corrected chi connectivity index (χ2v) is 17.8. The highest BCUT2D eigenvalue weighted by atomic mass is 32.1. The van der Waals surface area contributed by atoms with Gasteiger partial charge in [0.15, 0.2) is 0 Å². The Labute approximate surface area is 337 Å². The maximum absolute atomic E-state index is 5.64. The molecule has 0 saturated heterocycles. The van der Waals surface area contributed by atoms with Crippen molar-refractivity contribution in [1.29, 1.82) is 0 Å². The average Bonchev–Trinajstić information content (AvgIpc) is 3.94. The molecule has 0 atom stereocenters. The van der Waals surface area contributed by atoms with E-state index in [1.54, 1.807) is 11.1 Å². The molecule has 0 N–H and O–H groups in total. The van der Waals surface area contributed by atoms with E-state index < -0.39 is 0 Å². The monoisotopic (exact) mass is 755 g/mol. The fourth-order valence-electron chi connectivity index (χ4n) is 11.0. The Bertz CT molecular complexity index is 3150. The first-order chi connectivity index (χ1) is 28.3. The van der Waals surface area contributed by atoms with Gasteiger partial charge >= 0.3 is 0 Å². The number of para-hydroxylation sites is 3. The lowest BCUT2D eigenvalue weighted by atomic mass is 9.77. The van der Waals surface area contributed by atoms with Crippen molar-refractivity contribution < 1.29 is 0 Å². The summed E-state index contributed by atoms with van der Waals surface area (Å²) in [6.07, 6.45) is 12.7. The lowest BCUT2D eigenvalue weighted by Crippen LogP contribution is -2.12. The molecule has 57 heavy (non-hydrogen) atoms. The van der Waals surface area contributed by atoms with E-state index in [4.69, 9.17) is 4.98 Å². The van der Waals surface area contributed by atoms with Gasteiger partial charge < -0.3 is 4.57 Å². The number of thiophene rings is 1. The van der Waals surface area contributed by atoms with Crippen LogP contribution in [-0.4, -0.2) is 14.1 Å². The maximum atomic E-state index is 5.64. The van der Waals surface area contributed by atoms with Crippen molar-refractivity contribution >= 4 is 75.1 Å². The standard InChI is InChI=1S/C53H45N3S/c1-4-17-34(18-5-1)48-51-40-25-11-14-28-44(40)56(47-30-16-26-42(54-47)36-31-32-46-41(33-36)38-23-12-15-29-45(38)57-46)53(51)49(35-19-6-2-7-20-35)50-39-24-10-13-27-43(39)55(52(48)50)37-21-8-3-9-22-37/h3,8-16,21-35H,1-2,4-7,17-20H2. The van der Waals surface area contributed by atoms with Crippen LogP contribution in [0.5, 0.6) is 0 Å². The molecule has 10 aromatic rings. The molecule has 0 bridgehead atoms. The molecule has 278 valence electrons. The lowest BCUT2D eigenvalue weighted by Gasteiger charge is -2.29. The molecular weight excluding hydrogens is 711 g/mol. The van der Waals surface area contributed by atoms with Crippen molar-refractivity contribution in [3.63, 3.8) is 0 Å². The van der Waals surface area contributed by atoms with Crippen molar-refractivity contribution in [3.8, 4) is 22.8 Å². The number of benzene rings is 6. The van der Waals surface area contributed by atoms with Gasteiger partial charge in [-0.15, -0.1) is 11.3 Å². The van der Waals surface area contributed by atoms with E-state index in [0.29, 0.717) is 11.8 Å². The molecule has 0 radical (unpaired) electrons. The normalized spacial score (nSPS) is 15.9. The lowest BCUT2D eigenvalue weighted by molar-refractivity contribution is 0.444. The number of rotatable bonds is 5. The van der Waals surface area contributed by atoms with Crippen LogP contribution in [0.4, 0.5) is 0 Å². The zero-order valence-electron chi connectivity index (χ0n) is 32.3. The number of pyridine rings is 1. The highest BCUT2D eigenvalue weighted by Crippen LogP contribution is 2.53. The van der Waals surface area contributed by atoms with Crippen LogP contribution in [0.15, 0.2) is 140 Å². The van der Waals surface area contributed by atoms with Crippen LogP contribution in [0, 0.1) is 0 Å². The molecule has 0 unspecified atom stereocenters. The fourth-order valence-corrected chi connectivity index (χ4v) is 12.1. The molecule has 2 saturated carbocycles. The molecule has 4 aromatic heterocycles. The molecule has 4 heteroatoms. The molecule has 0 spiro atoms. The zero-order chi connectivity index (χ0) is 37.5. The Morgan fingerprint density at radius 3 is 1.70 bits per heavy atom. The van der Waals surface area contributed by atoms with Crippen molar-refractivity contribution in [1.82, 2.24) is 14.1 Å². The summed E-state index contributed by atoms with van der Waals surface area (Å²) in [5.41, 5.74) is 11.9. The summed E-state index contributed by atoms with van der Waals surface area (Å²) in [4.78, 5) is 5.64. The van der Waals surface area contributed by atoms with Crippen LogP contribution in [0.3, 0.4) is 0 Å². The first-order valence-corrected chi connectivity index (χ1v) is 22.1. The fraction of sp³-hybridized carbons (Fsp3) is 0.226. The summed E-state index contributed by atoms with van der Waals surface area (Å²) >= 11 is 1.87. The minimum Gasteiger partial charge on any atom is -0.309 e. The molecule has 0 amide bonds. The molecule has 12 rings (SSSR count). The number of hydrogen-bond donors (Lipinski definition) is 0. The Balaban J connectivity index is 1.23. The molecule has 2 aliphatic rings. The van der Waals surface area contributed by atoms with Gasteiger partial charge in [0.25, 0.3) is 0 Å². The quantitative estimate of drug-likeness (QED) is 0.172. The Hall–Kier alpha value is -5.71. The zero-order valence-corrected chi connectivity index (χ0v) is 33.1. The van der Waals surface area contributed by atoms with Crippen molar-refractivity contribution in [2.45, 2.75) is 76.0 Å². The van der Waals surface area contributed by atoms with E-state index >= 15 is 0 Å². The topological polar surface area (TPSA) is 22.8 Å². The summed E-state index contributed by atoms with van der Waals surface area (Å²) in [6, 6.07) is 52.2. The molecule has 2 fully saturated rings.